The standard InChI is InChI=1S/C20H22N8O3S/c1-12(2)28-15-8-18(22-10-14(15)24-20(28)16-4-3-7-31-16)25-17-5-6-21-19(26-17)13-9-23-27(11-13)32(29)30/h5-6,8-12,16H,3-4,7H2,1-2H3,(H,29,30)(H,21,22,25,26)/p-1. The van der Waals surface area contributed by atoms with Crippen molar-refractivity contribution in [3.05, 3.63) is 42.7 Å². The first-order valence-corrected chi connectivity index (χ1v) is 11.3. The summed E-state index contributed by atoms with van der Waals surface area (Å²) in [5, 5.41) is 6.97. The van der Waals surface area contributed by atoms with Crippen LogP contribution >= 0.6 is 0 Å². The molecule has 0 aromatic carbocycles. The summed E-state index contributed by atoms with van der Waals surface area (Å²) >= 11 is -2.48. The molecule has 5 rings (SSSR count). The molecular weight excluding hydrogens is 432 g/mol. The van der Waals surface area contributed by atoms with Crippen LogP contribution in [0.1, 0.15) is 44.7 Å². The van der Waals surface area contributed by atoms with Crippen molar-refractivity contribution in [3.63, 3.8) is 0 Å². The average Bonchev–Trinajstić information content (AvgIpc) is 3.52. The van der Waals surface area contributed by atoms with E-state index in [0.717, 1.165) is 40.4 Å². The second kappa shape index (κ2) is 8.37. The maximum Gasteiger partial charge on any atom is 0.164 e. The highest BCUT2D eigenvalue weighted by Crippen LogP contribution is 2.33. The molecule has 12 heteroatoms. The van der Waals surface area contributed by atoms with E-state index in [1.807, 2.05) is 6.07 Å². The zero-order valence-electron chi connectivity index (χ0n) is 17.5. The van der Waals surface area contributed by atoms with Gasteiger partial charge in [0.25, 0.3) is 0 Å². The van der Waals surface area contributed by atoms with Gasteiger partial charge in [-0.1, -0.05) is 0 Å². The van der Waals surface area contributed by atoms with Crippen molar-refractivity contribution in [1.29, 1.82) is 0 Å². The number of ether oxygens (including phenoxy) is 1. The van der Waals surface area contributed by atoms with Gasteiger partial charge in [0.2, 0.25) is 0 Å². The molecule has 166 valence electrons. The van der Waals surface area contributed by atoms with E-state index in [0.29, 0.717) is 23.0 Å². The Bertz CT molecular complexity index is 1300. The highest BCUT2D eigenvalue weighted by atomic mass is 32.2. The normalized spacial score (nSPS) is 17.3. The molecule has 4 aromatic heterocycles. The minimum Gasteiger partial charge on any atom is -0.754 e. The van der Waals surface area contributed by atoms with Crippen molar-refractivity contribution in [3.8, 4) is 11.4 Å². The molecular formula is C20H21N8O3S-. The van der Waals surface area contributed by atoms with Crippen molar-refractivity contribution in [1.82, 2.24) is 33.7 Å². The molecule has 0 bridgehead atoms. The molecule has 5 heterocycles. The van der Waals surface area contributed by atoms with Gasteiger partial charge >= 0.3 is 0 Å². The predicted octanol–water partition coefficient (Wildman–Crippen LogP) is 2.90. The van der Waals surface area contributed by atoms with Gasteiger partial charge < -0.3 is 19.2 Å². The molecule has 0 amide bonds. The number of hydrogen-bond acceptors (Lipinski definition) is 9. The molecule has 0 aliphatic carbocycles. The van der Waals surface area contributed by atoms with Crippen molar-refractivity contribution < 1.29 is 13.5 Å². The number of anilines is 2. The summed E-state index contributed by atoms with van der Waals surface area (Å²) in [6, 6.07) is 3.87. The zero-order valence-corrected chi connectivity index (χ0v) is 18.3. The fourth-order valence-electron chi connectivity index (χ4n) is 3.84. The SMILES string of the molecule is CC(C)n1c(C2CCCO2)nc2cnc(Nc3ccnc(-c4cnn(S(=O)[O-])c4)n3)cc21. The van der Waals surface area contributed by atoms with Crippen LogP contribution in [0.4, 0.5) is 11.6 Å². The first-order valence-electron chi connectivity index (χ1n) is 10.2. The lowest BCUT2D eigenvalue weighted by molar-refractivity contribution is 0.101. The van der Waals surface area contributed by atoms with E-state index in [-0.39, 0.29) is 12.1 Å². The first-order chi connectivity index (χ1) is 15.5. The summed E-state index contributed by atoms with van der Waals surface area (Å²) in [6.45, 7) is 5.01. The number of nitrogens with zero attached hydrogens (tertiary/aromatic N) is 7. The first kappa shape index (κ1) is 20.7. The lowest BCUT2D eigenvalue weighted by atomic mass is 10.2. The highest BCUT2D eigenvalue weighted by Gasteiger charge is 2.26. The van der Waals surface area contributed by atoms with E-state index < -0.39 is 11.3 Å². The lowest BCUT2D eigenvalue weighted by Crippen LogP contribution is -2.10. The van der Waals surface area contributed by atoms with Crippen LogP contribution in [0.5, 0.6) is 0 Å². The number of nitrogens with one attached hydrogen (secondary N) is 1. The summed E-state index contributed by atoms with van der Waals surface area (Å²) in [4.78, 5) is 17.9. The number of rotatable bonds is 6. The Hall–Kier alpha value is -3.22. The molecule has 1 saturated heterocycles. The largest absolute Gasteiger partial charge is 0.754 e. The van der Waals surface area contributed by atoms with Crippen LogP contribution in [0.2, 0.25) is 0 Å². The quantitative estimate of drug-likeness (QED) is 0.437. The molecule has 0 radical (unpaired) electrons. The Morgan fingerprint density at radius 3 is 2.84 bits per heavy atom. The van der Waals surface area contributed by atoms with Crippen LogP contribution in [0.3, 0.4) is 0 Å². The van der Waals surface area contributed by atoms with E-state index in [4.69, 9.17) is 9.72 Å². The molecule has 1 fully saturated rings. The van der Waals surface area contributed by atoms with Gasteiger partial charge in [0.1, 0.15) is 29.1 Å². The van der Waals surface area contributed by atoms with Crippen LogP contribution in [-0.2, 0) is 16.0 Å². The van der Waals surface area contributed by atoms with Gasteiger partial charge in [-0.15, -0.1) is 0 Å². The number of imidazole rings is 1. The van der Waals surface area contributed by atoms with Crippen LogP contribution in [-0.4, -0.2) is 49.1 Å². The monoisotopic (exact) mass is 453 g/mol. The second-order valence-corrected chi connectivity index (χ2v) is 8.54. The molecule has 4 aromatic rings. The summed E-state index contributed by atoms with van der Waals surface area (Å²) in [5.41, 5.74) is 2.27. The number of fused-ring (bicyclic) bond motifs is 1. The summed E-state index contributed by atoms with van der Waals surface area (Å²) in [7, 11) is 0. The third-order valence-electron chi connectivity index (χ3n) is 5.22. The van der Waals surface area contributed by atoms with Gasteiger partial charge in [0, 0.05) is 24.9 Å². The number of pyridine rings is 1. The fourth-order valence-corrected chi connectivity index (χ4v) is 4.16. The van der Waals surface area contributed by atoms with Gasteiger partial charge in [-0.25, -0.2) is 19.9 Å². The molecule has 11 nitrogen and oxygen atoms in total. The molecule has 1 aliphatic heterocycles. The van der Waals surface area contributed by atoms with Crippen molar-refractivity contribution in [2.45, 2.75) is 38.8 Å². The van der Waals surface area contributed by atoms with Gasteiger partial charge in [-0.05, 0) is 32.8 Å². The van der Waals surface area contributed by atoms with Crippen molar-refractivity contribution in [2.24, 2.45) is 0 Å². The van der Waals surface area contributed by atoms with Gasteiger partial charge in [-0.3, -0.25) is 4.21 Å². The van der Waals surface area contributed by atoms with E-state index in [1.54, 1.807) is 18.5 Å². The van der Waals surface area contributed by atoms with Crippen molar-refractivity contribution in [2.75, 3.05) is 11.9 Å². The third kappa shape index (κ3) is 3.87. The van der Waals surface area contributed by atoms with Crippen LogP contribution in [0.15, 0.2) is 36.9 Å². The Balaban J connectivity index is 1.46. The lowest BCUT2D eigenvalue weighted by Gasteiger charge is -2.16. The third-order valence-corrected chi connectivity index (χ3v) is 5.73. The molecule has 0 saturated carbocycles. The second-order valence-electron chi connectivity index (χ2n) is 7.73. The van der Waals surface area contributed by atoms with Crippen molar-refractivity contribution >= 4 is 33.9 Å². The van der Waals surface area contributed by atoms with Gasteiger partial charge in [0.15, 0.2) is 5.82 Å². The van der Waals surface area contributed by atoms with Crippen LogP contribution in [0, 0.1) is 0 Å². The Morgan fingerprint density at radius 2 is 2.12 bits per heavy atom. The molecule has 2 atom stereocenters. The minimum absolute atomic E-state index is 0.00926. The highest BCUT2D eigenvalue weighted by molar-refractivity contribution is 7.77. The fraction of sp³-hybridized carbons (Fsp3) is 0.350. The number of aromatic nitrogens is 7. The average molecular weight is 454 g/mol. The van der Waals surface area contributed by atoms with Crippen LogP contribution in [0.25, 0.3) is 22.4 Å². The zero-order chi connectivity index (χ0) is 22.2. The molecule has 2 unspecified atom stereocenters. The minimum atomic E-state index is -2.48. The summed E-state index contributed by atoms with van der Waals surface area (Å²) in [6.07, 6.45) is 8.08. The topological polar surface area (TPSA) is 136 Å². The van der Waals surface area contributed by atoms with E-state index in [1.165, 1.54) is 12.4 Å². The van der Waals surface area contributed by atoms with E-state index in [9.17, 15) is 8.76 Å². The van der Waals surface area contributed by atoms with Gasteiger partial charge in [0.05, 0.1) is 40.9 Å². The van der Waals surface area contributed by atoms with Gasteiger partial charge in [-0.2, -0.15) is 9.19 Å². The Morgan fingerprint density at radius 1 is 1.25 bits per heavy atom. The molecule has 1 N–H and O–H groups in total. The molecule has 0 spiro atoms. The molecule has 1 aliphatic rings. The summed E-state index contributed by atoms with van der Waals surface area (Å²) < 4.78 is 31.0. The molecule has 32 heavy (non-hydrogen) atoms. The maximum absolute atomic E-state index is 11.0. The van der Waals surface area contributed by atoms with E-state index in [2.05, 4.69) is 43.8 Å². The maximum atomic E-state index is 11.0. The summed E-state index contributed by atoms with van der Waals surface area (Å²) in [5.74, 6) is 2.41. The Labute approximate surface area is 186 Å². The smallest absolute Gasteiger partial charge is 0.164 e. The van der Waals surface area contributed by atoms with Crippen LogP contribution < -0.4 is 5.32 Å². The number of hydrogen-bond donors (Lipinski definition) is 1. The van der Waals surface area contributed by atoms with E-state index >= 15 is 0 Å². The Kier molecular flexibility index (Phi) is 5.41. The predicted molar refractivity (Wildman–Crippen MR) is 117 cm³/mol.